The zero-order chi connectivity index (χ0) is 23.9. The van der Waals surface area contributed by atoms with Crippen LogP contribution in [-0.4, -0.2) is 41.8 Å². The van der Waals surface area contributed by atoms with Gasteiger partial charge in [-0.25, -0.2) is 4.98 Å². The number of nitrogens with zero attached hydrogens (tertiary/aromatic N) is 2. The number of aromatic nitrogens is 1. The van der Waals surface area contributed by atoms with Gasteiger partial charge in [0.2, 0.25) is 5.91 Å². The highest BCUT2D eigenvalue weighted by Crippen LogP contribution is 2.24. The summed E-state index contributed by atoms with van der Waals surface area (Å²) in [4.78, 5) is 31.8. The van der Waals surface area contributed by atoms with Gasteiger partial charge >= 0.3 is 0 Å². The summed E-state index contributed by atoms with van der Waals surface area (Å²) < 4.78 is 11.1. The minimum absolute atomic E-state index is 0.0553. The molecule has 2 aromatic carbocycles. The molecule has 0 unspecified atom stereocenters. The van der Waals surface area contributed by atoms with Crippen LogP contribution in [0.15, 0.2) is 60.0 Å². The van der Waals surface area contributed by atoms with Gasteiger partial charge in [0.05, 0.1) is 17.8 Å². The van der Waals surface area contributed by atoms with E-state index in [0.29, 0.717) is 43.9 Å². The topological polar surface area (TPSA) is 68.7 Å². The zero-order valence-corrected chi connectivity index (χ0v) is 20.2. The van der Waals surface area contributed by atoms with E-state index in [4.69, 9.17) is 9.47 Å². The first kappa shape index (κ1) is 23.7. The maximum absolute atomic E-state index is 12.8. The average molecular weight is 477 g/mol. The third-order valence-corrected chi connectivity index (χ3v) is 6.74. The number of thiazole rings is 1. The van der Waals surface area contributed by atoms with Crippen molar-refractivity contribution in [3.63, 3.8) is 0 Å². The molecule has 0 radical (unpaired) electrons. The zero-order valence-electron chi connectivity index (χ0n) is 19.4. The summed E-state index contributed by atoms with van der Waals surface area (Å²) in [6, 6.07) is 14.8. The Kier molecular flexibility index (Phi) is 7.75. The second-order valence-corrected chi connectivity index (χ2v) is 9.27. The molecule has 2 heterocycles. The Hall–Kier alpha value is -3.45. The van der Waals surface area contributed by atoms with Crippen molar-refractivity contribution >= 4 is 29.1 Å². The van der Waals surface area contributed by atoms with Crippen LogP contribution in [0.25, 0.3) is 6.08 Å². The number of para-hydroxylation sites is 1. The van der Waals surface area contributed by atoms with E-state index in [1.165, 1.54) is 0 Å². The maximum atomic E-state index is 12.8. The van der Waals surface area contributed by atoms with Crippen LogP contribution in [0.1, 0.15) is 39.5 Å². The first-order valence-corrected chi connectivity index (χ1v) is 12.2. The van der Waals surface area contributed by atoms with E-state index in [1.54, 1.807) is 59.8 Å². The van der Waals surface area contributed by atoms with Crippen LogP contribution in [-0.2, 0) is 11.4 Å². The lowest BCUT2D eigenvalue weighted by molar-refractivity contribution is -0.127. The van der Waals surface area contributed by atoms with E-state index in [2.05, 4.69) is 4.98 Å². The summed E-state index contributed by atoms with van der Waals surface area (Å²) in [6.45, 7) is 3.49. The number of hydrogen-bond acceptors (Lipinski definition) is 6. The van der Waals surface area contributed by atoms with Gasteiger partial charge in [-0.3, -0.25) is 9.59 Å². The van der Waals surface area contributed by atoms with E-state index in [-0.39, 0.29) is 17.6 Å². The van der Waals surface area contributed by atoms with Gasteiger partial charge in [0.1, 0.15) is 18.1 Å². The van der Waals surface area contributed by atoms with E-state index in [9.17, 15) is 9.59 Å². The van der Waals surface area contributed by atoms with Gasteiger partial charge in [-0.2, -0.15) is 0 Å². The number of piperidine rings is 1. The molecule has 0 spiro atoms. The minimum Gasteiger partial charge on any atom is -0.497 e. The molecule has 0 aliphatic carbocycles. The Morgan fingerprint density at radius 2 is 1.85 bits per heavy atom. The van der Waals surface area contributed by atoms with Crippen LogP contribution >= 0.6 is 11.3 Å². The molecular weight excluding hydrogens is 448 g/mol. The fraction of sp³-hybridized carbons (Fsp3) is 0.296. The van der Waals surface area contributed by atoms with Gasteiger partial charge in [-0.05, 0) is 56.2 Å². The highest BCUT2D eigenvalue weighted by molar-refractivity contribution is 7.09. The second kappa shape index (κ2) is 11.1. The Labute approximate surface area is 203 Å². The second-order valence-electron chi connectivity index (χ2n) is 8.21. The molecule has 0 bridgehead atoms. The van der Waals surface area contributed by atoms with Crippen LogP contribution in [0.5, 0.6) is 11.5 Å². The largest absolute Gasteiger partial charge is 0.497 e. The van der Waals surface area contributed by atoms with E-state index in [1.807, 2.05) is 36.6 Å². The van der Waals surface area contributed by atoms with Crippen LogP contribution in [0, 0.1) is 12.8 Å². The first-order valence-electron chi connectivity index (χ1n) is 11.3. The Bertz CT molecular complexity index is 1160. The Balaban J connectivity index is 1.31. The molecule has 0 saturated carbocycles. The van der Waals surface area contributed by atoms with Crippen molar-refractivity contribution in [1.29, 1.82) is 0 Å². The molecular formula is C27H28N2O4S. The van der Waals surface area contributed by atoms with E-state index in [0.717, 1.165) is 22.0 Å². The Morgan fingerprint density at radius 3 is 2.53 bits per heavy atom. The van der Waals surface area contributed by atoms with Gasteiger partial charge in [-0.15, -0.1) is 11.3 Å². The number of methoxy groups -OCH3 is 1. The quantitative estimate of drug-likeness (QED) is 0.331. The number of ether oxygens (including phenoxy) is 2. The lowest BCUT2D eigenvalue weighted by Crippen LogP contribution is -2.39. The molecule has 1 aliphatic rings. The van der Waals surface area contributed by atoms with Gasteiger partial charge in [0.15, 0.2) is 5.78 Å². The van der Waals surface area contributed by atoms with Crippen LogP contribution in [0.4, 0.5) is 0 Å². The molecule has 6 nitrogen and oxygen atoms in total. The summed E-state index contributed by atoms with van der Waals surface area (Å²) in [7, 11) is 1.60. The third kappa shape index (κ3) is 5.91. The van der Waals surface area contributed by atoms with Gasteiger partial charge in [-0.1, -0.05) is 18.2 Å². The van der Waals surface area contributed by atoms with E-state index < -0.39 is 0 Å². The number of rotatable bonds is 8. The number of Topliss-reactive ketones (excluding diaryl/α,β-unsaturated/α-hetero) is 1. The molecule has 176 valence electrons. The predicted molar refractivity (Wildman–Crippen MR) is 133 cm³/mol. The number of likely N-dealkylation sites (tertiary alicyclic amines) is 1. The number of ketones is 1. The summed E-state index contributed by atoms with van der Waals surface area (Å²) >= 11 is 1.59. The summed E-state index contributed by atoms with van der Waals surface area (Å²) in [5, 5.41) is 2.99. The molecule has 1 aliphatic heterocycles. The molecule has 1 fully saturated rings. The van der Waals surface area contributed by atoms with Crippen LogP contribution in [0.2, 0.25) is 0 Å². The fourth-order valence-electron chi connectivity index (χ4n) is 4.00. The Morgan fingerprint density at radius 1 is 1.12 bits per heavy atom. The average Bonchev–Trinajstić information content (AvgIpc) is 3.31. The number of hydrogen-bond donors (Lipinski definition) is 0. The molecule has 7 heteroatoms. The molecule has 0 N–H and O–H groups in total. The van der Waals surface area contributed by atoms with Gasteiger partial charge in [0, 0.05) is 41.6 Å². The van der Waals surface area contributed by atoms with Crippen molar-refractivity contribution in [1.82, 2.24) is 9.88 Å². The molecule has 1 saturated heterocycles. The van der Waals surface area contributed by atoms with Crippen molar-refractivity contribution in [2.45, 2.75) is 26.4 Å². The predicted octanol–water partition coefficient (Wildman–Crippen LogP) is 5.17. The number of carbonyl (C=O) groups is 2. The van der Waals surface area contributed by atoms with Crippen LogP contribution in [0.3, 0.4) is 0 Å². The van der Waals surface area contributed by atoms with Crippen molar-refractivity contribution in [3.05, 3.63) is 81.8 Å². The molecule has 34 heavy (non-hydrogen) atoms. The number of carbonyl (C=O) groups excluding carboxylic acids is 2. The monoisotopic (exact) mass is 476 g/mol. The lowest BCUT2D eigenvalue weighted by atomic mass is 9.89. The number of aryl methyl sites for hydroxylation is 1. The van der Waals surface area contributed by atoms with Gasteiger partial charge < -0.3 is 14.4 Å². The standard InChI is InChI=1S/C27H28N2O4S/c1-19-28-23(18-34-19)17-33-25-6-4-3-5-20(25)9-12-26(30)29-15-13-22(14-16-29)27(31)21-7-10-24(32-2)11-8-21/h3-12,18,22H,13-17H2,1-2H3/b12-9+. The lowest BCUT2D eigenvalue weighted by Gasteiger charge is -2.30. The third-order valence-electron chi connectivity index (χ3n) is 5.92. The van der Waals surface area contributed by atoms with E-state index >= 15 is 0 Å². The maximum Gasteiger partial charge on any atom is 0.246 e. The van der Waals surface area contributed by atoms with Crippen molar-refractivity contribution in [2.75, 3.05) is 20.2 Å². The minimum atomic E-state index is -0.0649. The number of amides is 1. The van der Waals surface area contributed by atoms with Crippen molar-refractivity contribution in [2.24, 2.45) is 5.92 Å². The van der Waals surface area contributed by atoms with Gasteiger partial charge in [0.25, 0.3) is 0 Å². The normalized spacial score (nSPS) is 14.4. The first-order chi connectivity index (χ1) is 16.5. The van der Waals surface area contributed by atoms with Crippen LogP contribution < -0.4 is 9.47 Å². The summed E-state index contributed by atoms with van der Waals surface area (Å²) in [5.74, 6) is 1.45. The fourth-order valence-corrected chi connectivity index (χ4v) is 4.59. The summed E-state index contributed by atoms with van der Waals surface area (Å²) in [6.07, 6.45) is 4.70. The molecule has 3 aromatic rings. The molecule has 0 atom stereocenters. The number of benzene rings is 2. The van der Waals surface area contributed by atoms with Crippen molar-refractivity contribution in [3.8, 4) is 11.5 Å². The highest BCUT2D eigenvalue weighted by atomic mass is 32.1. The highest BCUT2D eigenvalue weighted by Gasteiger charge is 2.27. The smallest absolute Gasteiger partial charge is 0.246 e. The molecule has 4 rings (SSSR count). The molecule has 1 amide bonds. The van der Waals surface area contributed by atoms with Crippen molar-refractivity contribution < 1.29 is 19.1 Å². The summed E-state index contributed by atoms with van der Waals surface area (Å²) in [5.41, 5.74) is 2.42. The SMILES string of the molecule is COc1ccc(C(=O)C2CCN(C(=O)/C=C/c3ccccc3OCc3csc(C)n3)CC2)cc1. The molecule has 1 aromatic heterocycles.